The Morgan fingerprint density at radius 3 is 2.69 bits per heavy atom. The third kappa shape index (κ3) is 4.03. The van der Waals surface area contributed by atoms with Crippen LogP contribution in [0, 0.1) is 18.7 Å². The molecule has 1 aliphatic rings. The van der Waals surface area contributed by atoms with E-state index in [-0.39, 0.29) is 17.9 Å². The van der Waals surface area contributed by atoms with Gasteiger partial charge in [0.15, 0.2) is 11.5 Å². The maximum atomic E-state index is 14.3. The second-order valence-corrected chi connectivity index (χ2v) is 9.68. The smallest absolute Gasteiger partial charge is 0.223 e. The Morgan fingerprint density at radius 1 is 1.20 bits per heavy atom. The number of hydrogen-bond donors (Lipinski definition) is 2. The van der Waals surface area contributed by atoms with Gasteiger partial charge in [-0.2, -0.15) is 9.61 Å². The third-order valence-corrected chi connectivity index (χ3v) is 6.94. The van der Waals surface area contributed by atoms with Crippen molar-refractivity contribution < 1.29 is 14.2 Å². The lowest BCUT2D eigenvalue weighted by Crippen LogP contribution is -2.39. The molecule has 4 atom stereocenters. The Labute approximate surface area is 202 Å². The van der Waals surface area contributed by atoms with Crippen LogP contribution in [0.1, 0.15) is 50.7 Å². The predicted octanol–water partition coefficient (Wildman–Crippen LogP) is 3.08. The molecule has 11 heteroatoms. The first kappa shape index (κ1) is 23.3. The molecule has 3 N–H and O–H groups in total. The number of nitrogen functional groups attached to an aromatic ring is 1. The zero-order valence-electron chi connectivity index (χ0n) is 20.6. The molecule has 0 amide bonds. The van der Waals surface area contributed by atoms with Crippen LogP contribution in [-0.4, -0.2) is 60.8 Å². The minimum Gasteiger partial charge on any atom is -0.494 e. The van der Waals surface area contributed by atoms with Gasteiger partial charge in [0, 0.05) is 31.3 Å². The number of aliphatic hydroxyl groups excluding tert-OH is 1. The summed E-state index contributed by atoms with van der Waals surface area (Å²) < 4.78 is 22.9. The van der Waals surface area contributed by atoms with Crippen LogP contribution >= 0.6 is 0 Å². The first-order chi connectivity index (χ1) is 16.7. The average molecular weight is 483 g/mol. The van der Waals surface area contributed by atoms with Crippen molar-refractivity contribution in [3.05, 3.63) is 35.7 Å². The molecule has 3 aromatic heterocycles. The van der Waals surface area contributed by atoms with E-state index in [1.165, 1.54) is 23.8 Å². The van der Waals surface area contributed by atoms with E-state index in [0.29, 0.717) is 40.6 Å². The summed E-state index contributed by atoms with van der Waals surface area (Å²) in [6.45, 7) is 9.50. The minimum atomic E-state index is -0.505. The van der Waals surface area contributed by atoms with Crippen molar-refractivity contribution in [1.82, 2.24) is 29.4 Å². The molecule has 10 nitrogen and oxygen atoms in total. The van der Waals surface area contributed by atoms with E-state index < -0.39 is 11.9 Å². The zero-order valence-corrected chi connectivity index (χ0v) is 20.6. The summed E-state index contributed by atoms with van der Waals surface area (Å²) in [6, 6.07) is 2.54. The summed E-state index contributed by atoms with van der Waals surface area (Å²) >= 11 is 0. The Kier molecular flexibility index (Phi) is 5.74. The van der Waals surface area contributed by atoms with E-state index in [0.717, 1.165) is 24.3 Å². The number of aryl methyl sites for hydroxylation is 1. The van der Waals surface area contributed by atoms with Gasteiger partial charge in [0.2, 0.25) is 5.95 Å². The lowest BCUT2D eigenvalue weighted by atomic mass is 9.89. The van der Waals surface area contributed by atoms with Gasteiger partial charge < -0.3 is 20.5 Å². The molecule has 1 aliphatic heterocycles. The molecule has 1 aromatic carbocycles. The first-order valence-electron chi connectivity index (χ1n) is 11.8. The van der Waals surface area contributed by atoms with E-state index in [4.69, 9.17) is 15.5 Å². The van der Waals surface area contributed by atoms with Crippen molar-refractivity contribution in [2.24, 2.45) is 5.92 Å². The monoisotopic (exact) mass is 482 g/mol. The molecule has 5 rings (SSSR count). The Hall–Kier alpha value is -3.47. The fraction of sp³-hybridized carbons (Fsp3) is 0.500. The van der Waals surface area contributed by atoms with E-state index in [9.17, 15) is 9.50 Å². The molecule has 4 heterocycles. The van der Waals surface area contributed by atoms with Crippen molar-refractivity contribution in [3.8, 4) is 5.75 Å². The van der Waals surface area contributed by atoms with Gasteiger partial charge in [-0.25, -0.2) is 14.4 Å². The molecule has 1 fully saturated rings. The number of anilines is 2. The maximum absolute atomic E-state index is 14.3. The van der Waals surface area contributed by atoms with E-state index in [2.05, 4.69) is 27.0 Å². The second kappa shape index (κ2) is 8.63. The predicted molar refractivity (Wildman–Crippen MR) is 131 cm³/mol. The highest BCUT2D eigenvalue weighted by molar-refractivity contribution is 5.95. The third-order valence-electron chi connectivity index (χ3n) is 6.94. The van der Waals surface area contributed by atoms with Gasteiger partial charge in [-0.3, -0.25) is 4.68 Å². The molecule has 0 radical (unpaired) electrons. The number of aromatic nitrogens is 6. The molecule has 4 aromatic rings. The molecule has 1 saturated heterocycles. The number of nitrogens with two attached hydrogens (primary N) is 1. The lowest BCUT2D eigenvalue weighted by molar-refractivity contribution is 0.132. The molecular weight excluding hydrogens is 451 g/mol. The standard InChI is InChI=1S/C24H31FN8O2/c1-12-6-16(10-31(9-12)19-11-32(29-13(19)2)14(3)15(4)34)22-28-23-18-7-17(25)8-20(35-5)21(18)27-24(26)33(23)30-22/h7-8,11-12,14-16,34H,6,9-10H2,1-5H3,(H2,26,27)/t12-,14-,15-,16+/m1/s1. The van der Waals surface area contributed by atoms with Gasteiger partial charge in [-0.05, 0) is 39.2 Å². The van der Waals surface area contributed by atoms with Crippen molar-refractivity contribution in [3.63, 3.8) is 0 Å². The summed E-state index contributed by atoms with van der Waals surface area (Å²) in [5.41, 5.74) is 9.07. The van der Waals surface area contributed by atoms with Crippen LogP contribution in [-0.2, 0) is 0 Å². The number of methoxy groups -OCH3 is 1. The summed E-state index contributed by atoms with van der Waals surface area (Å²) in [5.74, 6) is 1.11. The van der Waals surface area contributed by atoms with Crippen molar-refractivity contribution in [2.75, 3.05) is 30.8 Å². The Bertz CT molecular complexity index is 1400. The Morgan fingerprint density at radius 2 is 1.97 bits per heavy atom. The summed E-state index contributed by atoms with van der Waals surface area (Å²) in [7, 11) is 1.47. The largest absolute Gasteiger partial charge is 0.494 e. The Balaban J connectivity index is 1.53. The van der Waals surface area contributed by atoms with Crippen LogP contribution in [0.15, 0.2) is 18.3 Å². The minimum absolute atomic E-state index is 0.0421. The quantitative estimate of drug-likeness (QED) is 0.445. The maximum Gasteiger partial charge on any atom is 0.223 e. The molecule has 35 heavy (non-hydrogen) atoms. The fourth-order valence-corrected chi connectivity index (χ4v) is 4.96. The lowest BCUT2D eigenvalue weighted by Gasteiger charge is -2.36. The van der Waals surface area contributed by atoms with Gasteiger partial charge in [0.1, 0.15) is 17.1 Å². The summed E-state index contributed by atoms with van der Waals surface area (Å²) in [4.78, 5) is 11.5. The van der Waals surface area contributed by atoms with Gasteiger partial charge in [-0.1, -0.05) is 6.92 Å². The summed E-state index contributed by atoms with van der Waals surface area (Å²) in [6.07, 6.45) is 2.41. The van der Waals surface area contributed by atoms with Gasteiger partial charge in [0.05, 0.1) is 36.0 Å². The summed E-state index contributed by atoms with van der Waals surface area (Å²) in [5, 5.41) is 19.8. The van der Waals surface area contributed by atoms with Crippen molar-refractivity contribution in [2.45, 2.75) is 52.2 Å². The highest BCUT2D eigenvalue weighted by Gasteiger charge is 2.31. The molecule has 186 valence electrons. The number of piperidine rings is 1. The van der Waals surface area contributed by atoms with Gasteiger partial charge >= 0.3 is 0 Å². The number of hydrogen-bond acceptors (Lipinski definition) is 8. The van der Waals surface area contributed by atoms with Crippen LogP contribution in [0.2, 0.25) is 0 Å². The number of ether oxygens (including phenoxy) is 1. The van der Waals surface area contributed by atoms with Crippen molar-refractivity contribution in [1.29, 1.82) is 0 Å². The number of fused-ring (bicyclic) bond motifs is 3. The van der Waals surface area contributed by atoms with Crippen LogP contribution in [0.5, 0.6) is 5.75 Å². The normalized spacial score (nSPS) is 20.5. The van der Waals surface area contributed by atoms with Gasteiger partial charge in [0.25, 0.3) is 0 Å². The molecule has 0 bridgehead atoms. The van der Waals surface area contributed by atoms with Crippen LogP contribution in [0.3, 0.4) is 0 Å². The van der Waals surface area contributed by atoms with Gasteiger partial charge in [-0.15, -0.1) is 5.10 Å². The SMILES string of the molecule is COc1cc(F)cc2c1nc(N)n1nc([C@H]3C[C@@H](C)CN(c4cn([C@H](C)[C@@H](C)O)nc4C)C3)nc21. The van der Waals surface area contributed by atoms with E-state index in [1.807, 2.05) is 24.7 Å². The number of nitrogens with zero attached hydrogens (tertiary/aromatic N) is 7. The van der Waals surface area contributed by atoms with E-state index in [1.54, 1.807) is 6.92 Å². The average Bonchev–Trinajstić information content (AvgIpc) is 3.43. The molecule has 0 saturated carbocycles. The number of rotatable bonds is 5. The number of halogens is 1. The van der Waals surface area contributed by atoms with Crippen molar-refractivity contribution >= 4 is 28.2 Å². The zero-order chi connectivity index (χ0) is 25.0. The highest BCUT2D eigenvalue weighted by Crippen LogP contribution is 2.35. The fourth-order valence-electron chi connectivity index (χ4n) is 4.96. The number of aliphatic hydroxyl groups is 1. The van der Waals surface area contributed by atoms with Crippen LogP contribution in [0.4, 0.5) is 16.0 Å². The molecule has 0 spiro atoms. The first-order valence-corrected chi connectivity index (χ1v) is 11.8. The molecule has 0 unspecified atom stereocenters. The number of benzene rings is 1. The topological polar surface area (TPSA) is 120 Å². The molecular formula is C24H31FN8O2. The van der Waals surface area contributed by atoms with Crippen LogP contribution < -0.4 is 15.4 Å². The highest BCUT2D eigenvalue weighted by atomic mass is 19.1. The second-order valence-electron chi connectivity index (χ2n) is 9.68. The van der Waals surface area contributed by atoms with E-state index >= 15 is 0 Å². The molecule has 0 aliphatic carbocycles. The van der Waals surface area contributed by atoms with Crippen LogP contribution in [0.25, 0.3) is 16.6 Å².